The van der Waals surface area contributed by atoms with Crippen LogP contribution in [0.1, 0.15) is 24.5 Å². The fourth-order valence-corrected chi connectivity index (χ4v) is 2.17. The van der Waals surface area contributed by atoms with Crippen LogP contribution in [0, 0.1) is 0 Å². The summed E-state index contributed by atoms with van der Waals surface area (Å²) in [6.45, 7) is 1.53. The van der Waals surface area contributed by atoms with E-state index in [0.717, 1.165) is 11.0 Å². The Kier molecular flexibility index (Phi) is 6.62. The van der Waals surface area contributed by atoms with Crippen LogP contribution in [0.3, 0.4) is 0 Å². The standard InChI is InChI=1S/C16H22F3N3O2/c1-5-13(14(23)21(2)3)20-15(24)22(4)10-11-8-6-7-9-12(11)16(17,18)19/h6-9,13H,5,10H2,1-4H3,(H,20,24)/t13-/m0/s1. The zero-order valence-corrected chi connectivity index (χ0v) is 14.1. The molecule has 8 heteroatoms. The molecule has 5 nitrogen and oxygen atoms in total. The molecule has 24 heavy (non-hydrogen) atoms. The highest BCUT2D eigenvalue weighted by Crippen LogP contribution is 2.32. The first kappa shape index (κ1) is 19.8. The third-order valence-electron chi connectivity index (χ3n) is 3.52. The highest BCUT2D eigenvalue weighted by Gasteiger charge is 2.33. The molecule has 0 aliphatic carbocycles. The fraction of sp³-hybridized carbons (Fsp3) is 0.500. The molecule has 0 radical (unpaired) electrons. The topological polar surface area (TPSA) is 52.7 Å². The Morgan fingerprint density at radius 2 is 1.75 bits per heavy atom. The van der Waals surface area contributed by atoms with Crippen LogP contribution in [0.4, 0.5) is 18.0 Å². The number of halogens is 3. The summed E-state index contributed by atoms with van der Waals surface area (Å²) in [6, 6.07) is 3.78. The molecule has 1 rings (SSSR count). The zero-order valence-electron chi connectivity index (χ0n) is 14.1. The molecule has 3 amide bonds. The van der Waals surface area contributed by atoms with Crippen LogP contribution >= 0.6 is 0 Å². The average Bonchev–Trinajstić information content (AvgIpc) is 2.50. The van der Waals surface area contributed by atoms with Gasteiger partial charge in [-0.1, -0.05) is 25.1 Å². The number of amides is 3. The van der Waals surface area contributed by atoms with Gasteiger partial charge in [0.25, 0.3) is 0 Å². The molecule has 0 aliphatic rings. The van der Waals surface area contributed by atoms with Crippen molar-refractivity contribution < 1.29 is 22.8 Å². The minimum Gasteiger partial charge on any atom is -0.347 e. The van der Waals surface area contributed by atoms with E-state index in [0.29, 0.717) is 6.42 Å². The Morgan fingerprint density at radius 3 is 2.25 bits per heavy atom. The van der Waals surface area contributed by atoms with E-state index in [1.807, 2.05) is 0 Å². The van der Waals surface area contributed by atoms with Crippen molar-refractivity contribution in [2.75, 3.05) is 21.1 Å². The van der Waals surface area contributed by atoms with Crippen LogP contribution in [0.5, 0.6) is 0 Å². The van der Waals surface area contributed by atoms with Crippen LogP contribution in [0.2, 0.25) is 0 Å². The number of likely N-dealkylation sites (N-methyl/N-ethyl adjacent to an activating group) is 1. The normalized spacial score (nSPS) is 12.5. The summed E-state index contributed by atoms with van der Waals surface area (Å²) in [5, 5.41) is 2.54. The molecule has 1 aromatic rings. The molecule has 0 aromatic heterocycles. The van der Waals surface area contributed by atoms with Crippen LogP contribution in [-0.4, -0.2) is 48.9 Å². The Labute approximate surface area is 139 Å². The summed E-state index contributed by atoms with van der Waals surface area (Å²) >= 11 is 0. The first-order valence-electron chi connectivity index (χ1n) is 7.45. The molecule has 1 atom stereocenters. The van der Waals surface area contributed by atoms with Gasteiger partial charge in [0.05, 0.1) is 5.56 Å². The largest absolute Gasteiger partial charge is 0.416 e. The van der Waals surface area contributed by atoms with Gasteiger partial charge in [-0.2, -0.15) is 13.2 Å². The summed E-state index contributed by atoms with van der Waals surface area (Å²) in [6.07, 6.45) is -4.10. The lowest BCUT2D eigenvalue weighted by Crippen LogP contribution is -2.49. The lowest BCUT2D eigenvalue weighted by atomic mass is 10.1. The fourth-order valence-electron chi connectivity index (χ4n) is 2.17. The molecule has 0 saturated carbocycles. The molecule has 1 aromatic carbocycles. The van der Waals surface area contributed by atoms with E-state index in [1.54, 1.807) is 21.0 Å². The Hall–Kier alpha value is -2.25. The highest BCUT2D eigenvalue weighted by atomic mass is 19.4. The number of nitrogens with one attached hydrogen (secondary N) is 1. The summed E-state index contributed by atoms with van der Waals surface area (Å²) in [5.41, 5.74) is -0.782. The van der Waals surface area contributed by atoms with Gasteiger partial charge in [0.2, 0.25) is 5.91 Å². The van der Waals surface area contributed by atoms with Crippen molar-refractivity contribution in [3.05, 3.63) is 35.4 Å². The van der Waals surface area contributed by atoms with E-state index < -0.39 is 23.8 Å². The van der Waals surface area contributed by atoms with Crippen molar-refractivity contribution in [1.82, 2.24) is 15.1 Å². The number of hydrogen-bond acceptors (Lipinski definition) is 2. The van der Waals surface area contributed by atoms with E-state index >= 15 is 0 Å². The number of alkyl halides is 3. The maximum atomic E-state index is 13.0. The molecular formula is C16H22F3N3O2. The van der Waals surface area contributed by atoms with Crippen molar-refractivity contribution in [3.8, 4) is 0 Å². The Balaban J connectivity index is 2.83. The molecule has 0 unspecified atom stereocenters. The smallest absolute Gasteiger partial charge is 0.347 e. The van der Waals surface area contributed by atoms with Crippen LogP contribution in [-0.2, 0) is 17.5 Å². The number of hydrogen-bond donors (Lipinski definition) is 1. The molecule has 0 fully saturated rings. The van der Waals surface area contributed by atoms with E-state index in [9.17, 15) is 22.8 Å². The number of carbonyl (C=O) groups is 2. The van der Waals surface area contributed by atoms with E-state index in [4.69, 9.17) is 0 Å². The average molecular weight is 345 g/mol. The second-order valence-electron chi connectivity index (χ2n) is 5.65. The van der Waals surface area contributed by atoms with Crippen molar-refractivity contribution in [3.63, 3.8) is 0 Å². The van der Waals surface area contributed by atoms with Crippen LogP contribution < -0.4 is 5.32 Å². The minimum atomic E-state index is -4.49. The third-order valence-corrected chi connectivity index (χ3v) is 3.52. The first-order valence-corrected chi connectivity index (χ1v) is 7.45. The van der Waals surface area contributed by atoms with Gasteiger partial charge in [0.1, 0.15) is 6.04 Å². The molecule has 0 heterocycles. The van der Waals surface area contributed by atoms with Crippen molar-refractivity contribution in [2.45, 2.75) is 32.1 Å². The molecule has 134 valence electrons. The monoisotopic (exact) mass is 345 g/mol. The molecule has 0 aliphatic heterocycles. The summed E-state index contributed by atoms with van der Waals surface area (Å²) < 4.78 is 39.0. The number of rotatable bonds is 5. The Morgan fingerprint density at radius 1 is 1.17 bits per heavy atom. The van der Waals surface area contributed by atoms with Crippen LogP contribution in [0.25, 0.3) is 0 Å². The van der Waals surface area contributed by atoms with E-state index in [2.05, 4.69) is 5.32 Å². The van der Waals surface area contributed by atoms with Gasteiger partial charge in [-0.3, -0.25) is 4.79 Å². The van der Waals surface area contributed by atoms with Gasteiger partial charge in [-0.15, -0.1) is 0 Å². The second kappa shape index (κ2) is 8.03. The summed E-state index contributed by atoms with van der Waals surface area (Å²) in [4.78, 5) is 26.6. The van der Waals surface area contributed by atoms with E-state index in [-0.39, 0.29) is 18.0 Å². The molecule has 0 saturated heterocycles. The number of urea groups is 1. The van der Waals surface area contributed by atoms with Crippen molar-refractivity contribution in [1.29, 1.82) is 0 Å². The maximum absolute atomic E-state index is 13.0. The van der Waals surface area contributed by atoms with Crippen molar-refractivity contribution >= 4 is 11.9 Å². The molecular weight excluding hydrogens is 323 g/mol. The number of carbonyl (C=O) groups excluding carboxylic acids is 2. The lowest BCUT2D eigenvalue weighted by molar-refractivity contribution is -0.138. The number of benzene rings is 1. The summed E-state index contributed by atoms with van der Waals surface area (Å²) in [7, 11) is 4.52. The highest BCUT2D eigenvalue weighted by molar-refractivity contribution is 5.86. The predicted octanol–water partition coefficient (Wildman–Crippen LogP) is 2.71. The zero-order chi connectivity index (χ0) is 18.5. The molecule has 0 bridgehead atoms. The van der Waals surface area contributed by atoms with Gasteiger partial charge >= 0.3 is 12.2 Å². The van der Waals surface area contributed by atoms with Gasteiger partial charge in [-0.05, 0) is 18.1 Å². The van der Waals surface area contributed by atoms with Gasteiger partial charge in [0, 0.05) is 27.7 Å². The number of nitrogens with zero attached hydrogens (tertiary/aromatic N) is 2. The molecule has 0 spiro atoms. The minimum absolute atomic E-state index is 0.00497. The van der Waals surface area contributed by atoms with Gasteiger partial charge < -0.3 is 15.1 Å². The van der Waals surface area contributed by atoms with Gasteiger partial charge in [0.15, 0.2) is 0 Å². The quantitative estimate of drug-likeness (QED) is 0.892. The lowest BCUT2D eigenvalue weighted by Gasteiger charge is -2.25. The van der Waals surface area contributed by atoms with E-state index in [1.165, 1.54) is 30.1 Å². The second-order valence-corrected chi connectivity index (χ2v) is 5.65. The van der Waals surface area contributed by atoms with Crippen LogP contribution in [0.15, 0.2) is 24.3 Å². The van der Waals surface area contributed by atoms with Crippen molar-refractivity contribution in [2.24, 2.45) is 0 Å². The first-order chi connectivity index (χ1) is 11.1. The predicted molar refractivity (Wildman–Crippen MR) is 84.2 cm³/mol. The maximum Gasteiger partial charge on any atom is 0.416 e. The SMILES string of the molecule is CC[C@H](NC(=O)N(C)Cc1ccccc1C(F)(F)F)C(=O)N(C)C. The third kappa shape index (κ3) is 5.14. The Bertz CT molecular complexity index is 588. The summed E-state index contributed by atoms with van der Waals surface area (Å²) in [5.74, 6) is -0.269. The molecule has 1 N–H and O–H groups in total. The van der Waals surface area contributed by atoms with Gasteiger partial charge in [-0.25, -0.2) is 4.79 Å².